The minimum Gasteiger partial charge on any atom is -0.385 e. The van der Waals surface area contributed by atoms with Crippen molar-refractivity contribution in [1.82, 2.24) is 15.6 Å². The summed E-state index contributed by atoms with van der Waals surface area (Å²) in [5.41, 5.74) is 2.56. The Kier molecular flexibility index (Phi) is 8.98. The van der Waals surface area contributed by atoms with Gasteiger partial charge in [-0.3, -0.25) is 4.99 Å². The van der Waals surface area contributed by atoms with Crippen LogP contribution in [0.2, 0.25) is 0 Å². The van der Waals surface area contributed by atoms with Gasteiger partial charge in [-0.25, -0.2) is 4.98 Å². The van der Waals surface area contributed by atoms with Crippen LogP contribution in [0, 0.1) is 5.41 Å². The number of hydrogen-bond donors (Lipinski definition) is 2. The molecule has 2 aromatic rings. The third-order valence-electron chi connectivity index (χ3n) is 5.13. The lowest BCUT2D eigenvalue weighted by atomic mass is 9.67. The summed E-state index contributed by atoms with van der Waals surface area (Å²) in [5.74, 6) is 0.838. The molecule has 7 heteroatoms. The normalized spacial score (nSPS) is 15.6. The van der Waals surface area contributed by atoms with Crippen LogP contribution in [0.1, 0.15) is 30.7 Å². The summed E-state index contributed by atoms with van der Waals surface area (Å²) in [6, 6.07) is 10.3. The summed E-state index contributed by atoms with van der Waals surface area (Å²) in [6.07, 6.45) is 4.97. The number of guanidine groups is 1. The van der Waals surface area contributed by atoms with Crippen molar-refractivity contribution < 1.29 is 4.74 Å². The second-order valence-corrected chi connectivity index (χ2v) is 7.81. The van der Waals surface area contributed by atoms with Gasteiger partial charge in [0, 0.05) is 38.3 Å². The van der Waals surface area contributed by atoms with E-state index in [1.807, 2.05) is 25.2 Å². The van der Waals surface area contributed by atoms with Crippen molar-refractivity contribution in [2.75, 3.05) is 27.3 Å². The molecule has 148 valence electrons. The molecule has 1 aliphatic carbocycles. The van der Waals surface area contributed by atoms with Crippen molar-refractivity contribution in [1.29, 1.82) is 0 Å². The Balaban J connectivity index is 0.00000261. The monoisotopic (exact) mass is 500 g/mol. The van der Waals surface area contributed by atoms with Crippen LogP contribution in [0.25, 0.3) is 11.3 Å². The number of methoxy groups -OCH3 is 1. The average molecular weight is 500 g/mol. The van der Waals surface area contributed by atoms with Crippen molar-refractivity contribution in [3.05, 3.63) is 40.7 Å². The Morgan fingerprint density at radius 3 is 2.67 bits per heavy atom. The van der Waals surface area contributed by atoms with Crippen LogP contribution >= 0.6 is 35.3 Å². The largest absolute Gasteiger partial charge is 0.385 e. The topological polar surface area (TPSA) is 58.5 Å². The molecule has 5 nitrogen and oxygen atoms in total. The summed E-state index contributed by atoms with van der Waals surface area (Å²) < 4.78 is 5.27. The zero-order chi connectivity index (χ0) is 18.2. The molecule has 1 saturated carbocycles. The van der Waals surface area contributed by atoms with Gasteiger partial charge in [-0.1, -0.05) is 36.8 Å². The molecule has 0 unspecified atom stereocenters. The van der Waals surface area contributed by atoms with Gasteiger partial charge in [-0.2, -0.15) is 0 Å². The molecule has 3 rings (SSSR count). The summed E-state index contributed by atoms with van der Waals surface area (Å²) >= 11 is 1.67. The fraction of sp³-hybridized carbons (Fsp3) is 0.500. The van der Waals surface area contributed by atoms with E-state index in [0.717, 1.165) is 41.8 Å². The number of hydrogen-bond acceptors (Lipinski definition) is 4. The van der Waals surface area contributed by atoms with Crippen molar-refractivity contribution >= 4 is 41.3 Å². The first-order valence-electron chi connectivity index (χ1n) is 9.18. The van der Waals surface area contributed by atoms with E-state index in [9.17, 15) is 0 Å². The van der Waals surface area contributed by atoms with Gasteiger partial charge < -0.3 is 15.4 Å². The summed E-state index contributed by atoms with van der Waals surface area (Å²) in [7, 11) is 3.59. The number of nitrogens with zero attached hydrogens (tertiary/aromatic N) is 2. The van der Waals surface area contributed by atoms with Gasteiger partial charge in [-0.15, -0.1) is 35.3 Å². The maximum absolute atomic E-state index is 5.27. The molecule has 0 radical (unpaired) electrons. The molecular formula is C20H29IN4OS. The molecule has 0 bridgehead atoms. The Hall–Kier alpha value is -1.19. The highest BCUT2D eigenvalue weighted by Crippen LogP contribution is 2.43. The fourth-order valence-electron chi connectivity index (χ4n) is 3.30. The average Bonchev–Trinajstić information content (AvgIpc) is 3.12. The predicted octanol–water partition coefficient (Wildman–Crippen LogP) is 4.30. The predicted molar refractivity (Wildman–Crippen MR) is 124 cm³/mol. The molecule has 0 spiro atoms. The first kappa shape index (κ1) is 22.1. The number of aliphatic imine (C=N–C) groups is 1. The van der Waals surface area contributed by atoms with Crippen LogP contribution in [0.3, 0.4) is 0 Å². The molecule has 0 amide bonds. The first-order valence-corrected chi connectivity index (χ1v) is 10.1. The molecule has 1 aromatic carbocycles. The summed E-state index contributed by atoms with van der Waals surface area (Å²) in [5, 5.41) is 10.0. The fourth-order valence-corrected chi connectivity index (χ4v) is 4.04. The minimum absolute atomic E-state index is 0. The number of rotatable bonds is 8. The Bertz CT molecular complexity index is 716. The Labute approximate surface area is 183 Å². The number of halogens is 1. The number of thiazole rings is 1. The van der Waals surface area contributed by atoms with Gasteiger partial charge in [-0.05, 0) is 24.7 Å². The van der Waals surface area contributed by atoms with E-state index in [1.165, 1.54) is 19.3 Å². The molecule has 0 atom stereocenters. The van der Waals surface area contributed by atoms with Crippen LogP contribution < -0.4 is 10.6 Å². The van der Waals surface area contributed by atoms with Crippen LogP contribution in [0.15, 0.2) is 40.7 Å². The van der Waals surface area contributed by atoms with E-state index in [0.29, 0.717) is 12.0 Å². The zero-order valence-electron chi connectivity index (χ0n) is 16.0. The molecule has 0 saturated heterocycles. The lowest BCUT2D eigenvalue weighted by Crippen LogP contribution is -2.46. The number of aromatic nitrogens is 1. The minimum atomic E-state index is 0. The lowest BCUT2D eigenvalue weighted by Gasteiger charge is -2.42. The van der Waals surface area contributed by atoms with Crippen molar-refractivity contribution in [2.24, 2.45) is 10.4 Å². The second kappa shape index (κ2) is 11.0. The molecule has 1 aliphatic rings. The van der Waals surface area contributed by atoms with Gasteiger partial charge in [0.15, 0.2) is 5.96 Å². The molecular weight excluding hydrogens is 471 g/mol. The maximum atomic E-state index is 5.27. The Morgan fingerprint density at radius 1 is 1.26 bits per heavy atom. The van der Waals surface area contributed by atoms with E-state index in [4.69, 9.17) is 9.72 Å². The van der Waals surface area contributed by atoms with E-state index in [1.54, 1.807) is 18.4 Å². The van der Waals surface area contributed by atoms with Crippen LogP contribution in [-0.2, 0) is 11.3 Å². The van der Waals surface area contributed by atoms with E-state index >= 15 is 0 Å². The van der Waals surface area contributed by atoms with E-state index < -0.39 is 0 Å². The van der Waals surface area contributed by atoms with Crippen molar-refractivity contribution in [2.45, 2.75) is 32.2 Å². The maximum Gasteiger partial charge on any atom is 0.191 e. The van der Waals surface area contributed by atoms with Crippen LogP contribution in [-0.4, -0.2) is 38.3 Å². The quantitative estimate of drug-likeness (QED) is 0.323. The molecule has 1 aromatic heterocycles. The molecule has 1 fully saturated rings. The van der Waals surface area contributed by atoms with E-state index in [-0.39, 0.29) is 24.0 Å². The van der Waals surface area contributed by atoms with Gasteiger partial charge in [0.25, 0.3) is 0 Å². The van der Waals surface area contributed by atoms with Gasteiger partial charge >= 0.3 is 0 Å². The highest BCUT2D eigenvalue weighted by atomic mass is 127. The van der Waals surface area contributed by atoms with Crippen molar-refractivity contribution in [3.8, 4) is 11.3 Å². The van der Waals surface area contributed by atoms with Gasteiger partial charge in [0.2, 0.25) is 0 Å². The third-order valence-corrected chi connectivity index (χ3v) is 5.98. The second-order valence-electron chi connectivity index (χ2n) is 6.87. The van der Waals surface area contributed by atoms with Gasteiger partial charge in [0.1, 0.15) is 5.01 Å². The molecule has 2 N–H and O–H groups in total. The third kappa shape index (κ3) is 6.15. The van der Waals surface area contributed by atoms with Crippen molar-refractivity contribution in [3.63, 3.8) is 0 Å². The Morgan fingerprint density at radius 2 is 2.04 bits per heavy atom. The van der Waals surface area contributed by atoms with Crippen LogP contribution in [0.5, 0.6) is 0 Å². The van der Waals surface area contributed by atoms with Crippen LogP contribution in [0.4, 0.5) is 0 Å². The highest BCUT2D eigenvalue weighted by molar-refractivity contribution is 14.0. The molecule has 1 heterocycles. The SMILES string of the molecule is CN=C(NCc1nc(-c2ccccc2)cs1)NCC1(CCOC)CCC1.I. The number of nitrogens with one attached hydrogen (secondary N) is 2. The zero-order valence-corrected chi connectivity index (χ0v) is 19.2. The summed E-state index contributed by atoms with van der Waals surface area (Å²) in [6.45, 7) is 2.46. The highest BCUT2D eigenvalue weighted by Gasteiger charge is 2.36. The smallest absolute Gasteiger partial charge is 0.191 e. The lowest BCUT2D eigenvalue weighted by molar-refractivity contribution is 0.0732. The van der Waals surface area contributed by atoms with Gasteiger partial charge in [0.05, 0.1) is 12.2 Å². The first-order chi connectivity index (χ1) is 12.7. The van der Waals surface area contributed by atoms with E-state index in [2.05, 4.69) is 33.1 Å². The number of benzene rings is 1. The molecule has 0 aliphatic heterocycles. The molecule has 27 heavy (non-hydrogen) atoms. The summed E-state index contributed by atoms with van der Waals surface area (Å²) in [4.78, 5) is 9.07. The number of ether oxygens (including phenoxy) is 1. The standard InChI is InChI=1S/C20H28N4OS.HI/c1-21-19(23-15-20(9-6-10-20)11-12-25-2)22-13-18-24-17(14-26-18)16-7-4-3-5-8-16;/h3-5,7-8,14H,6,9-13,15H2,1-2H3,(H2,21,22,23);1H.